The van der Waals surface area contributed by atoms with Crippen molar-refractivity contribution in [3.05, 3.63) is 89.5 Å². The van der Waals surface area contributed by atoms with E-state index < -0.39 is 24.0 Å². The number of benzene rings is 3. The number of carbonyl (C=O) groups excluding carboxylic acids is 2. The molecule has 3 N–H and O–H groups in total. The van der Waals surface area contributed by atoms with Gasteiger partial charge < -0.3 is 20.5 Å². The summed E-state index contributed by atoms with van der Waals surface area (Å²) in [5.41, 5.74) is 5.38. The van der Waals surface area contributed by atoms with E-state index >= 15 is 0 Å². The van der Waals surface area contributed by atoms with Crippen LogP contribution in [0.5, 0.6) is 0 Å². The smallest absolute Gasteiger partial charge is 0.407 e. The molecule has 7 nitrogen and oxygen atoms in total. The maximum absolute atomic E-state index is 12.8. The summed E-state index contributed by atoms with van der Waals surface area (Å²) in [5.74, 6) is -1.51. The van der Waals surface area contributed by atoms with Gasteiger partial charge in [0.15, 0.2) is 0 Å². The van der Waals surface area contributed by atoms with Gasteiger partial charge in [-0.05, 0) is 40.3 Å². The number of nitrogens with one attached hydrogen (secondary N) is 2. The number of carbonyl (C=O) groups is 3. The average molecular weight is 459 g/mol. The number of aliphatic carboxylic acids is 1. The lowest BCUT2D eigenvalue weighted by Crippen LogP contribution is -2.44. The Bertz CT molecular complexity index is 1180. The van der Waals surface area contributed by atoms with Gasteiger partial charge in [-0.2, -0.15) is 0 Å². The minimum Gasteiger partial charge on any atom is -0.481 e. The highest BCUT2D eigenvalue weighted by Gasteiger charge is 2.29. The lowest BCUT2D eigenvalue weighted by atomic mass is 9.98. The fraction of sp³-hybridized carbons (Fsp3) is 0.222. The van der Waals surface area contributed by atoms with E-state index in [9.17, 15) is 14.4 Å². The van der Waals surface area contributed by atoms with Gasteiger partial charge >= 0.3 is 12.1 Å². The Morgan fingerprint density at radius 2 is 1.50 bits per heavy atom. The maximum atomic E-state index is 12.8. The molecule has 3 aromatic rings. The predicted molar refractivity (Wildman–Crippen MR) is 129 cm³/mol. The Morgan fingerprint density at radius 3 is 2.12 bits per heavy atom. The van der Waals surface area contributed by atoms with Gasteiger partial charge in [-0.25, -0.2) is 4.79 Å². The minimum atomic E-state index is -0.995. The number of hydrogen-bond acceptors (Lipinski definition) is 4. The Morgan fingerprint density at radius 1 is 0.912 bits per heavy atom. The Labute approximate surface area is 197 Å². The van der Waals surface area contributed by atoms with E-state index in [2.05, 4.69) is 22.8 Å². The fourth-order valence-electron chi connectivity index (χ4n) is 4.31. The van der Waals surface area contributed by atoms with Crippen LogP contribution in [-0.2, 0) is 20.7 Å². The monoisotopic (exact) mass is 458 g/mol. The molecule has 34 heavy (non-hydrogen) atoms. The van der Waals surface area contributed by atoms with Gasteiger partial charge in [-0.1, -0.05) is 73.7 Å². The van der Waals surface area contributed by atoms with Gasteiger partial charge in [-0.3, -0.25) is 9.59 Å². The largest absolute Gasteiger partial charge is 0.481 e. The molecule has 0 saturated heterocycles. The van der Waals surface area contributed by atoms with Crippen LogP contribution in [0.15, 0.2) is 72.8 Å². The highest BCUT2D eigenvalue weighted by Crippen LogP contribution is 2.44. The predicted octanol–water partition coefficient (Wildman–Crippen LogP) is 4.57. The van der Waals surface area contributed by atoms with Crippen LogP contribution >= 0.6 is 0 Å². The zero-order valence-corrected chi connectivity index (χ0v) is 18.8. The topological polar surface area (TPSA) is 105 Å². The van der Waals surface area contributed by atoms with Crippen LogP contribution in [0.3, 0.4) is 0 Å². The number of fused-ring (bicyclic) bond motifs is 3. The molecule has 0 bridgehead atoms. The highest BCUT2D eigenvalue weighted by atomic mass is 16.5. The SMILES string of the molecule is CCC(NC(=O)OCC1c2ccccc2-c2ccccc21)C(=O)Nc1ccccc1CC(=O)O. The summed E-state index contributed by atoms with van der Waals surface area (Å²) in [6.45, 7) is 1.93. The van der Waals surface area contributed by atoms with Crippen LogP contribution in [0.1, 0.15) is 36.0 Å². The molecule has 1 unspecified atom stereocenters. The average Bonchev–Trinajstić information content (AvgIpc) is 3.16. The van der Waals surface area contributed by atoms with Crippen molar-refractivity contribution in [3.8, 4) is 11.1 Å². The minimum absolute atomic E-state index is 0.0741. The first-order chi connectivity index (χ1) is 16.5. The second-order valence-electron chi connectivity index (χ2n) is 8.15. The van der Waals surface area contributed by atoms with E-state index in [4.69, 9.17) is 9.84 Å². The van der Waals surface area contributed by atoms with Crippen molar-refractivity contribution < 1.29 is 24.2 Å². The molecule has 0 saturated carbocycles. The molecule has 3 aromatic carbocycles. The summed E-state index contributed by atoms with van der Waals surface area (Å²) in [6, 6.07) is 22.0. The number of carboxylic acid groups (broad SMARTS) is 1. The number of anilines is 1. The van der Waals surface area contributed by atoms with E-state index in [-0.39, 0.29) is 18.9 Å². The molecule has 0 fully saturated rings. The molecule has 174 valence electrons. The molecule has 2 amide bonds. The summed E-state index contributed by atoms with van der Waals surface area (Å²) in [7, 11) is 0. The second-order valence-corrected chi connectivity index (χ2v) is 8.15. The van der Waals surface area contributed by atoms with Crippen LogP contribution in [0.25, 0.3) is 11.1 Å². The lowest BCUT2D eigenvalue weighted by molar-refractivity contribution is -0.136. The molecular weight excluding hydrogens is 432 g/mol. The Balaban J connectivity index is 1.39. The van der Waals surface area contributed by atoms with E-state index in [1.807, 2.05) is 36.4 Å². The van der Waals surface area contributed by atoms with Gasteiger partial charge in [0, 0.05) is 11.6 Å². The van der Waals surface area contributed by atoms with Gasteiger partial charge in [0.05, 0.1) is 6.42 Å². The summed E-state index contributed by atoms with van der Waals surface area (Å²) < 4.78 is 5.54. The first-order valence-corrected chi connectivity index (χ1v) is 11.2. The van der Waals surface area contributed by atoms with Crippen LogP contribution in [0, 0.1) is 0 Å². The normalized spacial score (nSPS) is 12.9. The number of ether oxygens (including phenoxy) is 1. The molecule has 1 aliphatic carbocycles. The van der Waals surface area contributed by atoms with Crippen molar-refractivity contribution in [2.24, 2.45) is 0 Å². The molecule has 7 heteroatoms. The van der Waals surface area contributed by atoms with Crippen LogP contribution in [0.4, 0.5) is 10.5 Å². The molecule has 1 aliphatic rings. The van der Waals surface area contributed by atoms with Crippen LogP contribution < -0.4 is 10.6 Å². The van der Waals surface area contributed by atoms with E-state index in [0.29, 0.717) is 17.7 Å². The third-order valence-corrected chi connectivity index (χ3v) is 5.98. The second kappa shape index (κ2) is 10.2. The highest BCUT2D eigenvalue weighted by molar-refractivity contribution is 5.97. The lowest BCUT2D eigenvalue weighted by Gasteiger charge is -2.19. The van der Waals surface area contributed by atoms with Crippen molar-refractivity contribution in [2.75, 3.05) is 11.9 Å². The number of para-hydroxylation sites is 1. The molecule has 0 spiro atoms. The van der Waals surface area contributed by atoms with Crippen molar-refractivity contribution in [1.29, 1.82) is 0 Å². The molecule has 4 rings (SSSR count). The Hall–Kier alpha value is -4.13. The van der Waals surface area contributed by atoms with E-state index in [1.165, 1.54) is 0 Å². The van der Waals surface area contributed by atoms with Gasteiger partial charge in [0.2, 0.25) is 5.91 Å². The maximum Gasteiger partial charge on any atom is 0.407 e. The van der Waals surface area contributed by atoms with Gasteiger partial charge in [-0.15, -0.1) is 0 Å². The Kier molecular flexibility index (Phi) is 6.92. The molecule has 0 aromatic heterocycles. The summed E-state index contributed by atoms with van der Waals surface area (Å²) in [6.07, 6.45) is -0.549. The van der Waals surface area contributed by atoms with Crippen molar-refractivity contribution in [3.63, 3.8) is 0 Å². The number of amides is 2. The van der Waals surface area contributed by atoms with E-state index in [1.54, 1.807) is 31.2 Å². The van der Waals surface area contributed by atoms with Crippen molar-refractivity contribution >= 4 is 23.7 Å². The third kappa shape index (κ3) is 4.93. The third-order valence-electron chi connectivity index (χ3n) is 5.98. The molecule has 1 atom stereocenters. The van der Waals surface area contributed by atoms with Crippen molar-refractivity contribution in [2.45, 2.75) is 31.7 Å². The zero-order valence-electron chi connectivity index (χ0n) is 18.8. The summed E-state index contributed by atoms with van der Waals surface area (Å²) >= 11 is 0. The van der Waals surface area contributed by atoms with Gasteiger partial charge in [0.25, 0.3) is 0 Å². The molecule has 0 heterocycles. The van der Waals surface area contributed by atoms with Gasteiger partial charge in [0.1, 0.15) is 12.6 Å². The molecule has 0 aliphatic heterocycles. The number of alkyl carbamates (subject to hydrolysis) is 1. The number of hydrogen-bond donors (Lipinski definition) is 3. The first-order valence-electron chi connectivity index (χ1n) is 11.2. The van der Waals surface area contributed by atoms with E-state index in [0.717, 1.165) is 22.3 Å². The molecular formula is C27H26N2O5. The summed E-state index contributed by atoms with van der Waals surface area (Å²) in [5, 5.41) is 14.4. The standard InChI is InChI=1S/C27H26N2O5/c1-2-23(26(32)28-24-14-8-3-9-17(24)15-25(30)31)29-27(33)34-16-22-20-12-6-4-10-18(20)19-11-5-7-13-21(19)22/h3-14,22-23H,2,15-16H2,1H3,(H,28,32)(H,29,33)(H,30,31). The fourth-order valence-corrected chi connectivity index (χ4v) is 4.31. The van der Waals surface area contributed by atoms with Crippen LogP contribution in [-0.4, -0.2) is 35.7 Å². The quantitative estimate of drug-likeness (QED) is 0.459. The number of carboxylic acids is 1. The summed E-state index contributed by atoms with van der Waals surface area (Å²) in [4.78, 5) is 36.4. The van der Waals surface area contributed by atoms with Crippen molar-refractivity contribution in [1.82, 2.24) is 5.32 Å². The molecule has 0 radical (unpaired) electrons. The number of rotatable bonds is 8. The zero-order chi connectivity index (χ0) is 24.1. The first kappa shape index (κ1) is 23.0. The van der Waals surface area contributed by atoms with Crippen LogP contribution in [0.2, 0.25) is 0 Å².